The second-order valence-corrected chi connectivity index (χ2v) is 9.32. The highest BCUT2D eigenvalue weighted by Crippen LogP contribution is 2.30. The van der Waals surface area contributed by atoms with Crippen molar-refractivity contribution in [3.8, 4) is 11.1 Å². The van der Waals surface area contributed by atoms with Gasteiger partial charge in [0, 0.05) is 17.3 Å². The Morgan fingerprint density at radius 3 is 2.22 bits per heavy atom. The van der Waals surface area contributed by atoms with Gasteiger partial charge in [-0.3, -0.25) is 0 Å². The largest absolute Gasteiger partial charge is 0.474 e. The molecule has 0 fully saturated rings. The van der Waals surface area contributed by atoms with Crippen molar-refractivity contribution in [2.75, 3.05) is 6.61 Å². The number of aliphatic imine (C=N–C) groups is 1. The maximum Gasteiger partial charge on any atom is 0.236 e. The molecule has 0 saturated heterocycles. The smallest absolute Gasteiger partial charge is 0.236 e. The van der Waals surface area contributed by atoms with Crippen LogP contribution in [0, 0.1) is 5.41 Å². The number of hydrogen-bond donors (Lipinski definition) is 0. The molecule has 2 heterocycles. The first kappa shape index (κ1) is 19.3. The van der Waals surface area contributed by atoms with Gasteiger partial charge in [-0.15, -0.1) is 0 Å². The molecule has 0 amide bonds. The van der Waals surface area contributed by atoms with Crippen LogP contribution < -0.4 is 0 Å². The molecule has 0 radical (unpaired) electrons. The van der Waals surface area contributed by atoms with Crippen molar-refractivity contribution in [3.05, 3.63) is 59.9 Å². The lowest BCUT2D eigenvalue weighted by Crippen LogP contribution is -2.25. The van der Waals surface area contributed by atoms with Crippen LogP contribution in [0.25, 0.3) is 17.2 Å². The van der Waals surface area contributed by atoms with Gasteiger partial charge in [0.1, 0.15) is 12.3 Å². The van der Waals surface area contributed by atoms with E-state index in [9.17, 15) is 0 Å². The highest BCUT2D eigenvalue weighted by atomic mass is 16.5. The molecule has 1 aliphatic heterocycles. The van der Waals surface area contributed by atoms with E-state index in [2.05, 4.69) is 83.4 Å². The first-order valence-corrected chi connectivity index (χ1v) is 9.54. The van der Waals surface area contributed by atoms with Gasteiger partial charge < -0.3 is 4.74 Å². The van der Waals surface area contributed by atoms with Crippen LogP contribution in [0.2, 0.25) is 0 Å². The minimum Gasteiger partial charge on any atom is -0.474 e. The fourth-order valence-electron chi connectivity index (χ4n) is 3.08. The number of benzene rings is 1. The van der Waals surface area contributed by atoms with E-state index in [1.54, 1.807) is 0 Å². The molecule has 1 aromatic heterocycles. The number of hydrogen-bond acceptors (Lipinski definition) is 3. The van der Waals surface area contributed by atoms with E-state index in [0.29, 0.717) is 12.5 Å². The molecule has 3 rings (SSSR count). The Morgan fingerprint density at radius 2 is 1.70 bits per heavy atom. The summed E-state index contributed by atoms with van der Waals surface area (Å²) >= 11 is 0. The van der Waals surface area contributed by atoms with Crippen molar-refractivity contribution in [1.82, 2.24) is 4.98 Å². The Labute approximate surface area is 163 Å². The van der Waals surface area contributed by atoms with E-state index in [4.69, 9.17) is 9.73 Å². The summed E-state index contributed by atoms with van der Waals surface area (Å²) in [4.78, 5) is 9.43. The monoisotopic (exact) mass is 362 g/mol. The molecule has 0 bridgehead atoms. The summed E-state index contributed by atoms with van der Waals surface area (Å²) in [7, 11) is 0. The predicted octanol–water partition coefficient (Wildman–Crippen LogP) is 5.88. The summed E-state index contributed by atoms with van der Waals surface area (Å²) in [6, 6.07) is 10.9. The van der Waals surface area contributed by atoms with Gasteiger partial charge in [-0.05, 0) is 28.0 Å². The van der Waals surface area contributed by atoms with Crippen LogP contribution in [0.3, 0.4) is 0 Å². The van der Waals surface area contributed by atoms with E-state index in [1.807, 2.05) is 12.3 Å². The van der Waals surface area contributed by atoms with Crippen molar-refractivity contribution in [3.63, 3.8) is 0 Å². The fourth-order valence-corrected chi connectivity index (χ4v) is 3.08. The fraction of sp³-hybridized carbons (Fsp3) is 0.417. The van der Waals surface area contributed by atoms with Crippen LogP contribution in [0.15, 0.2) is 48.1 Å². The summed E-state index contributed by atoms with van der Waals surface area (Å²) in [6.07, 6.45) is 3.72. The molecule has 0 unspecified atom stereocenters. The minimum absolute atomic E-state index is 0.0742. The molecule has 0 saturated carbocycles. The van der Waals surface area contributed by atoms with Gasteiger partial charge in [0.15, 0.2) is 0 Å². The van der Waals surface area contributed by atoms with Crippen LogP contribution in [0.5, 0.6) is 0 Å². The van der Waals surface area contributed by atoms with Gasteiger partial charge in [-0.2, -0.15) is 0 Å². The molecule has 0 spiro atoms. The highest BCUT2D eigenvalue weighted by molar-refractivity contribution is 5.97. The van der Waals surface area contributed by atoms with E-state index in [-0.39, 0.29) is 16.9 Å². The first-order valence-electron chi connectivity index (χ1n) is 9.54. The molecule has 27 heavy (non-hydrogen) atoms. The quantitative estimate of drug-likeness (QED) is 0.683. The third-order valence-corrected chi connectivity index (χ3v) is 5.07. The minimum atomic E-state index is 0.0742. The second-order valence-electron chi connectivity index (χ2n) is 9.32. The zero-order valence-corrected chi connectivity index (χ0v) is 17.3. The molecule has 0 N–H and O–H groups in total. The number of nitrogens with zero attached hydrogens (tertiary/aromatic N) is 2. The Morgan fingerprint density at radius 1 is 1.04 bits per heavy atom. The normalized spacial score (nSPS) is 17.4. The SMILES string of the molecule is C=Cc1cc(-c2ccc(C(C)(C)C)cc2)cnc1C1=N[C@@H](C(C)(C)C)CO1. The van der Waals surface area contributed by atoms with Crippen molar-refractivity contribution in [1.29, 1.82) is 0 Å². The summed E-state index contributed by atoms with van der Waals surface area (Å²) in [5, 5.41) is 0. The van der Waals surface area contributed by atoms with Crippen LogP contribution in [0.1, 0.15) is 58.4 Å². The van der Waals surface area contributed by atoms with Crippen LogP contribution in [-0.2, 0) is 10.2 Å². The summed E-state index contributed by atoms with van der Waals surface area (Å²) in [5.74, 6) is 0.624. The molecule has 2 aromatic rings. The topological polar surface area (TPSA) is 34.5 Å². The van der Waals surface area contributed by atoms with Gasteiger partial charge in [-0.1, -0.05) is 78.5 Å². The molecular formula is C24H30N2O. The van der Waals surface area contributed by atoms with Crippen LogP contribution >= 0.6 is 0 Å². The zero-order valence-electron chi connectivity index (χ0n) is 17.3. The molecular weight excluding hydrogens is 332 g/mol. The van der Waals surface area contributed by atoms with Gasteiger partial charge in [0.2, 0.25) is 5.90 Å². The molecule has 0 aliphatic carbocycles. The Hall–Kier alpha value is -2.42. The Kier molecular flexibility index (Phi) is 4.98. The molecule has 3 nitrogen and oxygen atoms in total. The Bertz CT molecular complexity index is 865. The van der Waals surface area contributed by atoms with E-state index in [1.165, 1.54) is 5.56 Å². The number of rotatable bonds is 3. The summed E-state index contributed by atoms with van der Waals surface area (Å²) in [5.41, 5.74) is 5.47. The maximum atomic E-state index is 5.86. The lowest BCUT2D eigenvalue weighted by atomic mass is 9.86. The lowest BCUT2D eigenvalue weighted by Gasteiger charge is -2.21. The number of pyridine rings is 1. The first-order chi connectivity index (χ1) is 12.6. The molecule has 1 aliphatic rings. The third-order valence-electron chi connectivity index (χ3n) is 5.07. The van der Waals surface area contributed by atoms with Gasteiger partial charge in [0.25, 0.3) is 0 Å². The van der Waals surface area contributed by atoms with E-state index >= 15 is 0 Å². The van der Waals surface area contributed by atoms with Gasteiger partial charge >= 0.3 is 0 Å². The van der Waals surface area contributed by atoms with E-state index in [0.717, 1.165) is 22.4 Å². The summed E-state index contributed by atoms with van der Waals surface area (Å²) < 4.78 is 5.86. The van der Waals surface area contributed by atoms with Crippen molar-refractivity contribution in [2.24, 2.45) is 10.4 Å². The average molecular weight is 363 g/mol. The van der Waals surface area contributed by atoms with Gasteiger partial charge in [0.05, 0.1) is 6.04 Å². The molecule has 1 aromatic carbocycles. The van der Waals surface area contributed by atoms with E-state index < -0.39 is 0 Å². The number of ether oxygens (including phenoxy) is 1. The predicted molar refractivity (Wildman–Crippen MR) is 114 cm³/mol. The van der Waals surface area contributed by atoms with Crippen LogP contribution in [0.4, 0.5) is 0 Å². The average Bonchev–Trinajstić information content (AvgIpc) is 3.11. The van der Waals surface area contributed by atoms with Crippen molar-refractivity contribution >= 4 is 12.0 Å². The lowest BCUT2D eigenvalue weighted by molar-refractivity contribution is 0.235. The molecule has 1 atom stereocenters. The Balaban J connectivity index is 1.93. The zero-order chi connectivity index (χ0) is 19.8. The highest BCUT2D eigenvalue weighted by Gasteiger charge is 2.31. The maximum absolute atomic E-state index is 5.86. The van der Waals surface area contributed by atoms with Crippen molar-refractivity contribution < 1.29 is 4.74 Å². The summed E-state index contributed by atoms with van der Waals surface area (Å²) in [6.45, 7) is 17.8. The second kappa shape index (κ2) is 6.95. The van der Waals surface area contributed by atoms with Crippen molar-refractivity contribution in [2.45, 2.75) is 53.0 Å². The van der Waals surface area contributed by atoms with Gasteiger partial charge in [-0.25, -0.2) is 9.98 Å². The molecule has 142 valence electrons. The standard InChI is InChI=1S/C24H30N2O/c1-8-16-13-18(17-9-11-19(12-10-17)23(2,3)4)14-25-21(16)22-26-20(15-27-22)24(5,6)7/h8-14,20H,1,15H2,2-7H3/t20-/m1/s1. The number of aromatic nitrogens is 1. The van der Waals surface area contributed by atoms with Crippen LogP contribution in [-0.4, -0.2) is 23.5 Å². The molecule has 3 heteroatoms. The third kappa shape index (κ3) is 4.13.